The molecule has 0 N–H and O–H groups in total. The zero-order chi connectivity index (χ0) is 15.2. The highest BCUT2D eigenvalue weighted by atomic mass is 32.1. The second-order valence-electron chi connectivity index (χ2n) is 4.08. The van der Waals surface area contributed by atoms with Gasteiger partial charge in [0.2, 0.25) is 0 Å². The Morgan fingerprint density at radius 3 is 2.71 bits per heavy atom. The predicted octanol–water partition coefficient (Wildman–Crippen LogP) is 1.84. The Hall–Kier alpha value is -2.42. The van der Waals surface area contributed by atoms with Crippen molar-refractivity contribution in [1.82, 2.24) is 14.6 Å². The van der Waals surface area contributed by atoms with Crippen molar-refractivity contribution >= 4 is 23.0 Å². The molecule has 0 saturated heterocycles. The third kappa shape index (κ3) is 2.25. The van der Waals surface area contributed by atoms with Crippen LogP contribution in [0.25, 0.3) is 16.2 Å². The van der Waals surface area contributed by atoms with Gasteiger partial charge in [0.15, 0.2) is 11.3 Å². The van der Waals surface area contributed by atoms with E-state index in [1.165, 1.54) is 11.3 Å². The molecule has 0 aromatic carbocycles. The maximum absolute atomic E-state index is 13.1. The molecule has 0 amide bonds. The highest BCUT2D eigenvalue weighted by molar-refractivity contribution is 7.13. The Kier molecular flexibility index (Phi) is 2.94. The molecule has 9 heteroatoms. The Labute approximate surface area is 119 Å². The molecule has 0 saturated carbocycles. The number of thiophene rings is 1. The number of rotatable bonds is 2. The number of carbonyl (C=O) groups excluding carboxylic acids is 1. The largest absolute Gasteiger partial charge is 0.545 e. The fourth-order valence-corrected chi connectivity index (χ4v) is 2.55. The van der Waals surface area contributed by atoms with Crippen molar-refractivity contribution in [1.29, 1.82) is 0 Å². The van der Waals surface area contributed by atoms with Crippen molar-refractivity contribution in [3.8, 4) is 10.6 Å². The molecular formula is C12H5F3N3O2S-. The number of hydrogen-bond donors (Lipinski definition) is 0. The van der Waals surface area contributed by atoms with Crippen LogP contribution in [0, 0.1) is 0 Å². The third-order valence-electron chi connectivity index (χ3n) is 2.76. The fourth-order valence-electron chi connectivity index (χ4n) is 1.86. The van der Waals surface area contributed by atoms with Crippen LogP contribution in [0.3, 0.4) is 0 Å². The van der Waals surface area contributed by atoms with E-state index in [2.05, 4.69) is 10.1 Å². The minimum atomic E-state index is -4.69. The van der Waals surface area contributed by atoms with E-state index in [1.54, 1.807) is 17.5 Å². The lowest BCUT2D eigenvalue weighted by atomic mass is 10.2. The number of carbonyl (C=O) groups is 1. The Balaban J connectivity index is 2.37. The van der Waals surface area contributed by atoms with Crippen molar-refractivity contribution in [2.45, 2.75) is 6.18 Å². The number of carboxylic acids is 1. The molecule has 21 heavy (non-hydrogen) atoms. The van der Waals surface area contributed by atoms with Gasteiger partial charge in [0.05, 0.1) is 28.3 Å². The number of carboxylic acid groups (broad SMARTS) is 1. The number of hydrogen-bond acceptors (Lipinski definition) is 5. The minimum absolute atomic E-state index is 0.0350. The van der Waals surface area contributed by atoms with Gasteiger partial charge in [-0.05, 0) is 17.5 Å². The smallest absolute Gasteiger partial charge is 0.433 e. The van der Waals surface area contributed by atoms with Crippen LogP contribution in [0.1, 0.15) is 16.1 Å². The average Bonchev–Trinajstić information content (AvgIpc) is 3.05. The Morgan fingerprint density at radius 1 is 1.38 bits per heavy atom. The van der Waals surface area contributed by atoms with Crippen LogP contribution in [0.15, 0.2) is 29.8 Å². The highest BCUT2D eigenvalue weighted by Gasteiger charge is 2.35. The maximum Gasteiger partial charge on any atom is 0.433 e. The molecule has 5 nitrogen and oxygen atoms in total. The number of alkyl halides is 3. The topological polar surface area (TPSA) is 70.3 Å². The van der Waals surface area contributed by atoms with E-state index in [9.17, 15) is 23.1 Å². The van der Waals surface area contributed by atoms with Crippen LogP contribution in [-0.2, 0) is 6.18 Å². The van der Waals surface area contributed by atoms with Crippen molar-refractivity contribution in [3.05, 3.63) is 41.0 Å². The number of aromatic carboxylic acids is 1. The molecule has 0 aliphatic heterocycles. The second-order valence-corrected chi connectivity index (χ2v) is 5.03. The van der Waals surface area contributed by atoms with Gasteiger partial charge >= 0.3 is 6.18 Å². The van der Waals surface area contributed by atoms with E-state index in [0.717, 1.165) is 12.3 Å². The Bertz CT molecular complexity index is 824. The first-order chi connectivity index (χ1) is 9.88. The second kappa shape index (κ2) is 4.55. The summed E-state index contributed by atoms with van der Waals surface area (Å²) >= 11 is 1.20. The standard InChI is InChI=1S/C12H6F3N3O2S/c13-12(14,15)9-4-7(8-2-1-3-21-8)17-10-6(11(19)20)5-16-18(9)10/h1-5H,(H,19,20)/p-1. The molecular weight excluding hydrogens is 307 g/mol. The quantitative estimate of drug-likeness (QED) is 0.724. The summed E-state index contributed by atoms with van der Waals surface area (Å²) in [5.41, 5.74) is -1.94. The first kappa shape index (κ1) is 13.6. The van der Waals surface area contributed by atoms with Gasteiger partial charge in [0, 0.05) is 0 Å². The molecule has 0 unspecified atom stereocenters. The van der Waals surface area contributed by atoms with Crippen molar-refractivity contribution < 1.29 is 23.1 Å². The number of fused-ring (bicyclic) bond motifs is 1. The summed E-state index contributed by atoms with van der Waals surface area (Å²) in [5, 5.41) is 16.1. The number of nitrogens with zero attached hydrogens (tertiary/aromatic N) is 3. The molecule has 0 radical (unpaired) electrons. The summed E-state index contributed by atoms with van der Waals surface area (Å²) in [6, 6.07) is 4.10. The molecule has 0 aliphatic carbocycles. The normalized spacial score (nSPS) is 12.0. The molecule has 3 aromatic rings. The highest BCUT2D eigenvalue weighted by Crippen LogP contribution is 2.33. The van der Waals surface area contributed by atoms with Crippen molar-refractivity contribution in [3.63, 3.8) is 0 Å². The first-order valence-electron chi connectivity index (χ1n) is 5.59. The third-order valence-corrected chi connectivity index (χ3v) is 3.65. The molecule has 0 spiro atoms. The van der Waals surface area contributed by atoms with E-state index in [-0.39, 0.29) is 5.69 Å². The van der Waals surface area contributed by atoms with Gasteiger partial charge in [-0.2, -0.15) is 18.3 Å². The van der Waals surface area contributed by atoms with Crippen molar-refractivity contribution in [2.24, 2.45) is 0 Å². The zero-order valence-electron chi connectivity index (χ0n) is 10.1. The van der Waals surface area contributed by atoms with E-state index in [1.807, 2.05) is 0 Å². The molecule has 0 fully saturated rings. The summed E-state index contributed by atoms with van der Waals surface area (Å²) in [7, 11) is 0. The minimum Gasteiger partial charge on any atom is -0.545 e. The monoisotopic (exact) mass is 312 g/mol. The SMILES string of the molecule is O=C([O-])c1cnn2c(C(F)(F)F)cc(-c3cccs3)nc12. The van der Waals surface area contributed by atoms with Crippen LogP contribution < -0.4 is 5.11 Å². The summed E-state index contributed by atoms with van der Waals surface area (Å²) in [6.45, 7) is 0. The van der Waals surface area contributed by atoms with E-state index in [0.29, 0.717) is 9.39 Å². The van der Waals surface area contributed by atoms with Gasteiger partial charge in [-0.3, -0.25) is 0 Å². The summed E-state index contributed by atoms with van der Waals surface area (Å²) < 4.78 is 39.8. The van der Waals surface area contributed by atoms with Gasteiger partial charge in [-0.25, -0.2) is 9.50 Å². The molecule has 3 rings (SSSR count). The maximum atomic E-state index is 13.1. The van der Waals surface area contributed by atoms with E-state index in [4.69, 9.17) is 0 Å². The molecule has 0 atom stereocenters. The van der Waals surface area contributed by atoms with Crippen LogP contribution in [0.2, 0.25) is 0 Å². The van der Waals surface area contributed by atoms with E-state index < -0.39 is 29.1 Å². The molecule has 0 bridgehead atoms. The molecule has 0 aliphatic rings. The molecule has 3 aromatic heterocycles. The van der Waals surface area contributed by atoms with Crippen LogP contribution >= 0.6 is 11.3 Å². The summed E-state index contributed by atoms with van der Waals surface area (Å²) in [4.78, 5) is 15.4. The molecule has 108 valence electrons. The van der Waals surface area contributed by atoms with Gasteiger partial charge in [0.25, 0.3) is 0 Å². The van der Waals surface area contributed by atoms with Gasteiger partial charge < -0.3 is 9.90 Å². The summed E-state index contributed by atoms with van der Waals surface area (Å²) in [6.07, 6.45) is -3.90. The molecule has 3 heterocycles. The van der Waals surface area contributed by atoms with Gasteiger partial charge in [-0.15, -0.1) is 11.3 Å². The van der Waals surface area contributed by atoms with Crippen LogP contribution in [0.4, 0.5) is 13.2 Å². The van der Waals surface area contributed by atoms with Crippen molar-refractivity contribution in [2.75, 3.05) is 0 Å². The van der Waals surface area contributed by atoms with Gasteiger partial charge in [-0.1, -0.05) is 6.07 Å². The zero-order valence-corrected chi connectivity index (χ0v) is 10.9. The van der Waals surface area contributed by atoms with E-state index >= 15 is 0 Å². The average molecular weight is 312 g/mol. The van der Waals surface area contributed by atoms with Gasteiger partial charge in [0.1, 0.15) is 0 Å². The lowest BCUT2D eigenvalue weighted by molar-refractivity contribution is -0.254. The first-order valence-corrected chi connectivity index (χ1v) is 6.47. The fraction of sp³-hybridized carbons (Fsp3) is 0.0833. The van der Waals surface area contributed by atoms with Crippen LogP contribution in [-0.4, -0.2) is 20.6 Å². The number of aromatic nitrogens is 3. The number of halogens is 3. The van der Waals surface area contributed by atoms with Crippen LogP contribution in [0.5, 0.6) is 0 Å². The predicted molar refractivity (Wildman–Crippen MR) is 65.6 cm³/mol. The lowest BCUT2D eigenvalue weighted by Gasteiger charge is -2.11. The summed E-state index contributed by atoms with van der Waals surface area (Å²) in [5.74, 6) is -1.63. The Morgan fingerprint density at radius 2 is 2.14 bits per heavy atom. The lowest BCUT2D eigenvalue weighted by Crippen LogP contribution is -2.22.